The number of rotatable bonds is 3. The summed E-state index contributed by atoms with van der Waals surface area (Å²) in [7, 11) is 1.97. The van der Waals surface area contributed by atoms with Gasteiger partial charge in [0.05, 0.1) is 6.42 Å². The topological polar surface area (TPSA) is 52.6 Å². The van der Waals surface area contributed by atoms with E-state index >= 15 is 0 Å². The molecular formula is C14H20N2O2. The highest BCUT2D eigenvalue weighted by molar-refractivity contribution is 5.79. The fourth-order valence-electron chi connectivity index (χ4n) is 2.37. The van der Waals surface area contributed by atoms with E-state index in [4.69, 9.17) is 0 Å². The lowest BCUT2D eigenvalue weighted by Crippen LogP contribution is -2.44. The third kappa shape index (κ3) is 3.23. The zero-order valence-electron chi connectivity index (χ0n) is 10.7. The van der Waals surface area contributed by atoms with Crippen LogP contribution in [0, 0.1) is 0 Å². The molecule has 0 spiro atoms. The Hall–Kier alpha value is -1.55. The Morgan fingerprint density at radius 3 is 2.78 bits per heavy atom. The molecule has 1 fully saturated rings. The lowest BCUT2D eigenvalue weighted by Gasteiger charge is -2.31. The van der Waals surface area contributed by atoms with Crippen LogP contribution in [-0.2, 0) is 11.2 Å². The van der Waals surface area contributed by atoms with Crippen molar-refractivity contribution in [1.82, 2.24) is 10.2 Å². The van der Waals surface area contributed by atoms with Crippen LogP contribution in [0.25, 0.3) is 0 Å². The lowest BCUT2D eigenvalue weighted by molar-refractivity contribution is -0.131. The van der Waals surface area contributed by atoms with Crippen LogP contribution in [-0.4, -0.2) is 42.1 Å². The number of benzene rings is 1. The number of nitrogens with one attached hydrogen (secondary N) is 1. The minimum Gasteiger partial charge on any atom is -0.508 e. The monoisotopic (exact) mass is 248 g/mol. The SMILES string of the molecule is CNC1CCN(C(=O)Cc2cccc(O)c2)CC1. The molecule has 0 saturated carbocycles. The van der Waals surface area contributed by atoms with E-state index in [2.05, 4.69) is 5.32 Å². The van der Waals surface area contributed by atoms with Crippen molar-refractivity contribution in [2.24, 2.45) is 0 Å². The maximum absolute atomic E-state index is 12.1. The molecule has 1 aliphatic heterocycles. The molecule has 1 aromatic rings. The molecule has 18 heavy (non-hydrogen) atoms. The molecule has 98 valence electrons. The Balaban J connectivity index is 1.89. The van der Waals surface area contributed by atoms with E-state index in [9.17, 15) is 9.90 Å². The summed E-state index contributed by atoms with van der Waals surface area (Å²) < 4.78 is 0. The van der Waals surface area contributed by atoms with Gasteiger partial charge < -0.3 is 15.3 Å². The summed E-state index contributed by atoms with van der Waals surface area (Å²) >= 11 is 0. The van der Waals surface area contributed by atoms with Crippen molar-refractivity contribution in [2.75, 3.05) is 20.1 Å². The number of phenols is 1. The number of nitrogens with zero attached hydrogens (tertiary/aromatic N) is 1. The van der Waals surface area contributed by atoms with Crippen molar-refractivity contribution in [3.63, 3.8) is 0 Å². The molecule has 0 aromatic heterocycles. The third-order valence-electron chi connectivity index (χ3n) is 3.52. The van der Waals surface area contributed by atoms with E-state index in [0.717, 1.165) is 31.5 Å². The van der Waals surface area contributed by atoms with E-state index in [-0.39, 0.29) is 11.7 Å². The number of carbonyl (C=O) groups is 1. The Labute approximate surface area is 108 Å². The number of hydrogen-bond donors (Lipinski definition) is 2. The molecule has 0 radical (unpaired) electrons. The molecule has 1 aromatic carbocycles. The molecule has 4 nitrogen and oxygen atoms in total. The van der Waals surface area contributed by atoms with Gasteiger partial charge in [0.15, 0.2) is 0 Å². The van der Waals surface area contributed by atoms with Crippen molar-refractivity contribution in [1.29, 1.82) is 0 Å². The number of hydrogen-bond acceptors (Lipinski definition) is 3. The Morgan fingerprint density at radius 2 is 2.17 bits per heavy atom. The van der Waals surface area contributed by atoms with Gasteiger partial charge in [0, 0.05) is 19.1 Å². The molecule has 0 bridgehead atoms. The van der Waals surface area contributed by atoms with Gasteiger partial charge in [-0.25, -0.2) is 0 Å². The zero-order valence-corrected chi connectivity index (χ0v) is 10.7. The first-order valence-corrected chi connectivity index (χ1v) is 6.42. The van der Waals surface area contributed by atoms with Gasteiger partial charge in [-0.2, -0.15) is 0 Å². The van der Waals surface area contributed by atoms with Crippen LogP contribution < -0.4 is 5.32 Å². The average molecular weight is 248 g/mol. The molecular weight excluding hydrogens is 228 g/mol. The highest BCUT2D eigenvalue weighted by Gasteiger charge is 2.21. The predicted molar refractivity (Wildman–Crippen MR) is 70.5 cm³/mol. The summed E-state index contributed by atoms with van der Waals surface area (Å²) in [6, 6.07) is 7.45. The second-order valence-corrected chi connectivity index (χ2v) is 4.79. The molecule has 4 heteroatoms. The Morgan fingerprint density at radius 1 is 1.44 bits per heavy atom. The standard InChI is InChI=1S/C14H20N2O2/c1-15-12-5-7-16(8-6-12)14(18)10-11-3-2-4-13(17)9-11/h2-4,9,12,15,17H,5-8,10H2,1H3. The molecule has 1 saturated heterocycles. The first-order valence-electron chi connectivity index (χ1n) is 6.42. The second-order valence-electron chi connectivity index (χ2n) is 4.79. The third-order valence-corrected chi connectivity index (χ3v) is 3.52. The summed E-state index contributed by atoms with van der Waals surface area (Å²) in [5.41, 5.74) is 0.871. The number of aromatic hydroxyl groups is 1. The van der Waals surface area contributed by atoms with Crippen molar-refractivity contribution < 1.29 is 9.90 Å². The van der Waals surface area contributed by atoms with Gasteiger partial charge in [-0.1, -0.05) is 12.1 Å². The molecule has 0 atom stereocenters. The van der Waals surface area contributed by atoms with Gasteiger partial charge in [0.25, 0.3) is 0 Å². The lowest BCUT2D eigenvalue weighted by atomic mass is 10.0. The van der Waals surface area contributed by atoms with Gasteiger partial charge >= 0.3 is 0 Å². The number of piperidine rings is 1. The van der Waals surface area contributed by atoms with Gasteiger partial charge in [0.2, 0.25) is 5.91 Å². The van der Waals surface area contributed by atoms with Crippen LogP contribution in [0.3, 0.4) is 0 Å². The quantitative estimate of drug-likeness (QED) is 0.843. The number of phenolic OH excluding ortho intramolecular Hbond substituents is 1. The van der Waals surface area contributed by atoms with Crippen LogP contribution in [0.15, 0.2) is 24.3 Å². The maximum atomic E-state index is 12.1. The highest BCUT2D eigenvalue weighted by Crippen LogP contribution is 2.15. The van der Waals surface area contributed by atoms with E-state index < -0.39 is 0 Å². The zero-order chi connectivity index (χ0) is 13.0. The molecule has 0 aliphatic carbocycles. The van der Waals surface area contributed by atoms with Crippen LogP contribution in [0.5, 0.6) is 5.75 Å². The maximum Gasteiger partial charge on any atom is 0.226 e. The van der Waals surface area contributed by atoms with Gasteiger partial charge in [-0.15, -0.1) is 0 Å². The largest absolute Gasteiger partial charge is 0.508 e. The van der Waals surface area contributed by atoms with Crippen LogP contribution in [0.2, 0.25) is 0 Å². The van der Waals surface area contributed by atoms with E-state index in [1.54, 1.807) is 18.2 Å². The summed E-state index contributed by atoms with van der Waals surface area (Å²) in [6.07, 6.45) is 2.41. The number of carbonyl (C=O) groups excluding carboxylic acids is 1. The molecule has 0 unspecified atom stereocenters. The van der Waals surface area contributed by atoms with E-state index in [1.807, 2.05) is 18.0 Å². The van der Waals surface area contributed by atoms with Gasteiger partial charge in [-0.3, -0.25) is 4.79 Å². The molecule has 1 heterocycles. The minimum absolute atomic E-state index is 0.148. The fourth-order valence-corrected chi connectivity index (χ4v) is 2.37. The summed E-state index contributed by atoms with van der Waals surface area (Å²) in [5, 5.41) is 12.6. The number of amides is 1. The normalized spacial score (nSPS) is 16.8. The average Bonchev–Trinajstić information content (AvgIpc) is 2.39. The van der Waals surface area contributed by atoms with E-state index in [0.29, 0.717) is 12.5 Å². The van der Waals surface area contributed by atoms with Crippen LogP contribution >= 0.6 is 0 Å². The fraction of sp³-hybridized carbons (Fsp3) is 0.500. The minimum atomic E-state index is 0.148. The number of likely N-dealkylation sites (tertiary alicyclic amines) is 1. The first-order chi connectivity index (χ1) is 8.69. The molecule has 1 aliphatic rings. The predicted octanol–water partition coefficient (Wildman–Crippen LogP) is 1.15. The molecule has 2 rings (SSSR count). The van der Waals surface area contributed by atoms with Gasteiger partial charge in [0.1, 0.15) is 5.75 Å². The second kappa shape index (κ2) is 5.87. The summed E-state index contributed by atoms with van der Waals surface area (Å²) in [6.45, 7) is 1.65. The van der Waals surface area contributed by atoms with Crippen LogP contribution in [0.1, 0.15) is 18.4 Å². The van der Waals surface area contributed by atoms with Crippen molar-refractivity contribution in [3.8, 4) is 5.75 Å². The van der Waals surface area contributed by atoms with E-state index in [1.165, 1.54) is 0 Å². The molecule has 1 amide bonds. The van der Waals surface area contributed by atoms with Crippen molar-refractivity contribution in [3.05, 3.63) is 29.8 Å². The Bertz CT molecular complexity index is 412. The van der Waals surface area contributed by atoms with Crippen LogP contribution in [0.4, 0.5) is 0 Å². The Kier molecular flexibility index (Phi) is 4.20. The summed E-state index contributed by atoms with van der Waals surface area (Å²) in [5.74, 6) is 0.365. The molecule has 2 N–H and O–H groups in total. The first kappa shape index (κ1) is 12.9. The van der Waals surface area contributed by atoms with Crippen molar-refractivity contribution >= 4 is 5.91 Å². The van der Waals surface area contributed by atoms with Gasteiger partial charge in [-0.05, 0) is 37.6 Å². The van der Waals surface area contributed by atoms with Crippen molar-refractivity contribution in [2.45, 2.75) is 25.3 Å². The smallest absolute Gasteiger partial charge is 0.226 e. The summed E-state index contributed by atoms with van der Waals surface area (Å²) in [4.78, 5) is 14.0. The highest BCUT2D eigenvalue weighted by atomic mass is 16.3.